The lowest BCUT2D eigenvalue weighted by molar-refractivity contribution is -0.143. The molecule has 2 aromatic rings. The van der Waals surface area contributed by atoms with E-state index < -0.39 is 85.4 Å². The van der Waals surface area contributed by atoms with Crippen molar-refractivity contribution in [2.45, 2.75) is 62.5 Å². The van der Waals surface area contributed by atoms with Gasteiger partial charge in [-0.05, 0) is 44.5 Å². The predicted octanol–water partition coefficient (Wildman–Crippen LogP) is 5.46. The van der Waals surface area contributed by atoms with E-state index in [4.69, 9.17) is 4.74 Å². The minimum absolute atomic E-state index is 0.0435. The summed E-state index contributed by atoms with van der Waals surface area (Å²) in [5.74, 6) is -1.95. The number of alkyl halides is 6. The average Bonchev–Trinajstić information content (AvgIpc) is 3.32. The van der Waals surface area contributed by atoms with E-state index in [9.17, 15) is 44.3 Å². The number of carbonyl (C=O) groups is 2. The SMILES string of the molecule is CC(C)(C)OC(=O)N[C@@H](Cc1ccccc1)C(=O)N=C1S[C@H]2CS(=O)(=O)C[C@H]2N1c1cc(C(F)(F)F)cc(C(F)(F)F)c1. The van der Waals surface area contributed by atoms with Crippen LogP contribution in [-0.2, 0) is 38.1 Å². The first-order valence-electron chi connectivity index (χ1n) is 12.8. The molecule has 0 radical (unpaired) electrons. The lowest BCUT2D eigenvalue weighted by atomic mass is 10.1. The van der Waals surface area contributed by atoms with Crippen molar-refractivity contribution in [2.24, 2.45) is 4.99 Å². The maximum atomic E-state index is 13.6. The van der Waals surface area contributed by atoms with E-state index in [1.807, 2.05) is 0 Å². The Balaban J connectivity index is 1.78. The molecule has 2 fully saturated rings. The number of thioether (sulfide) groups is 1. The largest absolute Gasteiger partial charge is 0.444 e. The molecule has 2 amide bonds. The van der Waals surface area contributed by atoms with E-state index >= 15 is 0 Å². The molecule has 0 aromatic heterocycles. The van der Waals surface area contributed by atoms with Crippen LogP contribution in [0.5, 0.6) is 0 Å². The van der Waals surface area contributed by atoms with Crippen LogP contribution >= 0.6 is 11.8 Å². The molecule has 2 aromatic carbocycles. The number of ether oxygens (including phenoxy) is 1. The number of benzene rings is 2. The lowest BCUT2D eigenvalue weighted by Gasteiger charge is -2.27. The van der Waals surface area contributed by atoms with E-state index in [0.717, 1.165) is 16.7 Å². The Hall–Kier alpha value is -3.27. The molecular weight excluding hydrogens is 624 g/mol. The topological polar surface area (TPSA) is 105 Å². The van der Waals surface area contributed by atoms with Crippen LogP contribution in [0.25, 0.3) is 0 Å². The van der Waals surface area contributed by atoms with Crippen LogP contribution in [0, 0.1) is 0 Å². The van der Waals surface area contributed by atoms with Crippen LogP contribution in [0.1, 0.15) is 37.5 Å². The standard InChI is InChI=1S/C27H27F6N3O5S2/c1-25(2,3)41-24(38)34-19(9-15-7-5-4-6-8-15)22(37)35-23-36(20-13-43(39,40)14-21(20)42-23)18-11-16(26(28,29)30)10-17(12-18)27(31,32)33/h4-8,10-12,19-21H,9,13-14H2,1-3H3,(H,34,38)/t19-,20+,21-/m0/s1. The summed E-state index contributed by atoms with van der Waals surface area (Å²) in [5, 5.41) is 1.33. The first-order chi connectivity index (χ1) is 19.7. The minimum Gasteiger partial charge on any atom is -0.444 e. The summed E-state index contributed by atoms with van der Waals surface area (Å²) in [4.78, 5) is 31.0. The third kappa shape index (κ3) is 8.22. The molecule has 1 N–H and O–H groups in total. The normalized spacial score (nSPS) is 21.9. The number of rotatable bonds is 5. The van der Waals surface area contributed by atoms with Crippen molar-refractivity contribution in [3.05, 3.63) is 65.2 Å². The van der Waals surface area contributed by atoms with Crippen LogP contribution in [0.2, 0.25) is 0 Å². The molecule has 234 valence electrons. The highest BCUT2D eigenvalue weighted by atomic mass is 32.2. The quantitative estimate of drug-likeness (QED) is 0.428. The highest BCUT2D eigenvalue weighted by Gasteiger charge is 2.50. The van der Waals surface area contributed by atoms with Crippen molar-refractivity contribution < 1.29 is 49.1 Å². The number of nitrogens with one attached hydrogen (secondary N) is 1. The third-order valence-corrected chi connectivity index (χ3v) is 9.60. The number of fused-ring (bicyclic) bond motifs is 1. The second-order valence-corrected chi connectivity index (χ2v) is 14.4. The fourth-order valence-corrected chi connectivity index (χ4v) is 8.54. The Labute approximate surface area is 247 Å². The summed E-state index contributed by atoms with van der Waals surface area (Å²) >= 11 is 0.764. The van der Waals surface area contributed by atoms with E-state index in [1.54, 1.807) is 51.1 Å². The molecule has 0 saturated carbocycles. The molecule has 0 spiro atoms. The van der Waals surface area contributed by atoms with Gasteiger partial charge in [-0.1, -0.05) is 42.1 Å². The van der Waals surface area contributed by atoms with Crippen molar-refractivity contribution in [3.63, 3.8) is 0 Å². The molecule has 0 unspecified atom stereocenters. The first kappa shape index (κ1) is 32.6. The number of hydrogen-bond donors (Lipinski definition) is 1. The molecule has 4 rings (SSSR count). The van der Waals surface area contributed by atoms with Crippen molar-refractivity contribution in [3.8, 4) is 0 Å². The minimum atomic E-state index is -5.16. The lowest BCUT2D eigenvalue weighted by Crippen LogP contribution is -2.45. The Bertz CT molecular complexity index is 1490. The van der Waals surface area contributed by atoms with Crippen LogP contribution < -0.4 is 10.2 Å². The van der Waals surface area contributed by atoms with Gasteiger partial charge in [0.15, 0.2) is 15.0 Å². The number of sulfone groups is 1. The summed E-state index contributed by atoms with van der Waals surface area (Å²) in [7, 11) is -3.69. The smallest absolute Gasteiger partial charge is 0.416 e. The molecule has 2 aliphatic rings. The van der Waals surface area contributed by atoms with Crippen molar-refractivity contribution in [1.29, 1.82) is 0 Å². The molecule has 2 aliphatic heterocycles. The van der Waals surface area contributed by atoms with Gasteiger partial charge in [0.1, 0.15) is 11.6 Å². The number of anilines is 1. The maximum Gasteiger partial charge on any atom is 0.416 e. The second-order valence-electron chi connectivity index (χ2n) is 11.1. The number of halogens is 6. The number of aliphatic imine (C=N–C) groups is 1. The number of amides is 2. The zero-order valence-corrected chi connectivity index (χ0v) is 24.6. The highest BCUT2D eigenvalue weighted by molar-refractivity contribution is 8.16. The zero-order chi connectivity index (χ0) is 32.0. The Morgan fingerprint density at radius 1 is 1.00 bits per heavy atom. The monoisotopic (exact) mass is 651 g/mol. The zero-order valence-electron chi connectivity index (χ0n) is 23.0. The van der Waals surface area contributed by atoms with Crippen LogP contribution in [-0.4, -0.2) is 60.0 Å². The first-order valence-corrected chi connectivity index (χ1v) is 15.5. The van der Waals surface area contributed by atoms with Gasteiger partial charge in [-0.25, -0.2) is 13.2 Å². The van der Waals surface area contributed by atoms with Gasteiger partial charge in [0.05, 0.1) is 28.7 Å². The third-order valence-electron chi connectivity index (χ3n) is 6.39. The molecule has 0 bridgehead atoms. The fraction of sp³-hybridized carbons (Fsp3) is 0.444. The summed E-state index contributed by atoms with van der Waals surface area (Å²) in [6.45, 7) is 4.81. The Morgan fingerprint density at radius 2 is 1.58 bits per heavy atom. The van der Waals surface area contributed by atoms with E-state index in [0.29, 0.717) is 17.7 Å². The van der Waals surface area contributed by atoms with Crippen molar-refractivity contribution >= 4 is 44.5 Å². The highest BCUT2D eigenvalue weighted by Crippen LogP contribution is 2.44. The van der Waals surface area contributed by atoms with Gasteiger partial charge in [-0.3, -0.25) is 4.79 Å². The molecule has 0 aliphatic carbocycles. The van der Waals surface area contributed by atoms with E-state index in [1.165, 1.54) is 0 Å². The molecule has 3 atom stereocenters. The summed E-state index contributed by atoms with van der Waals surface area (Å²) < 4.78 is 112. The molecule has 16 heteroatoms. The Morgan fingerprint density at radius 3 is 2.12 bits per heavy atom. The molecule has 2 saturated heterocycles. The van der Waals surface area contributed by atoms with E-state index in [2.05, 4.69) is 10.3 Å². The van der Waals surface area contributed by atoms with Gasteiger partial charge in [0.2, 0.25) is 0 Å². The van der Waals surface area contributed by atoms with Crippen molar-refractivity contribution in [2.75, 3.05) is 16.4 Å². The van der Waals surface area contributed by atoms with Gasteiger partial charge >= 0.3 is 18.4 Å². The van der Waals surface area contributed by atoms with Crippen molar-refractivity contribution in [1.82, 2.24) is 5.32 Å². The predicted molar refractivity (Wildman–Crippen MR) is 148 cm³/mol. The van der Waals surface area contributed by atoms with Gasteiger partial charge < -0.3 is 15.0 Å². The number of nitrogens with zero attached hydrogens (tertiary/aromatic N) is 2. The summed E-state index contributed by atoms with van der Waals surface area (Å²) in [5.41, 5.74) is -4.14. The number of hydrogen-bond acceptors (Lipinski definition) is 6. The average molecular weight is 652 g/mol. The summed E-state index contributed by atoms with van der Waals surface area (Å²) in [6, 6.07) is 6.93. The molecular formula is C27H27F6N3O5S2. The molecule has 8 nitrogen and oxygen atoms in total. The van der Waals surface area contributed by atoms with Gasteiger partial charge in [0, 0.05) is 17.4 Å². The number of carbonyl (C=O) groups excluding carboxylic acids is 2. The van der Waals surface area contributed by atoms with Gasteiger partial charge in [0.25, 0.3) is 5.91 Å². The number of amidine groups is 1. The molecule has 43 heavy (non-hydrogen) atoms. The van der Waals surface area contributed by atoms with Gasteiger partial charge in [-0.15, -0.1) is 0 Å². The van der Waals surface area contributed by atoms with Crippen LogP contribution in [0.15, 0.2) is 53.5 Å². The molecule has 2 heterocycles. The second kappa shape index (κ2) is 11.7. The number of alkyl carbamates (subject to hydrolysis) is 1. The van der Waals surface area contributed by atoms with Crippen LogP contribution in [0.3, 0.4) is 0 Å². The maximum absolute atomic E-state index is 13.6. The summed E-state index contributed by atoms with van der Waals surface area (Å²) in [6.07, 6.45) is -11.3. The van der Waals surface area contributed by atoms with Gasteiger partial charge in [-0.2, -0.15) is 31.3 Å². The fourth-order valence-electron chi connectivity index (χ4n) is 4.62. The van der Waals surface area contributed by atoms with E-state index in [-0.39, 0.29) is 17.7 Å². The Kier molecular flexibility index (Phi) is 8.86. The van der Waals surface area contributed by atoms with Crippen LogP contribution in [0.4, 0.5) is 36.8 Å².